The van der Waals surface area contributed by atoms with Crippen LogP contribution in [-0.4, -0.2) is 40.4 Å². The van der Waals surface area contributed by atoms with Gasteiger partial charge < -0.3 is 9.47 Å². The largest absolute Gasteiger partial charge is 0.493 e. The van der Waals surface area contributed by atoms with Gasteiger partial charge in [0.1, 0.15) is 0 Å². The van der Waals surface area contributed by atoms with E-state index in [1.54, 1.807) is 32.4 Å². The number of carbonyl (C=O) groups excluding carboxylic acids is 1. The summed E-state index contributed by atoms with van der Waals surface area (Å²) in [5.74, 6) is 1.19. The van der Waals surface area contributed by atoms with Crippen LogP contribution in [0, 0.1) is 10.1 Å². The SMILES string of the molecule is CCC1SC(=O)N(Cc2cccc([N+](=O)[O-])c2)N=C1c1ccc(OC)c(OC)c1. The first-order valence-corrected chi connectivity index (χ1v) is 9.87. The highest BCUT2D eigenvalue weighted by Crippen LogP contribution is 2.33. The van der Waals surface area contributed by atoms with Crippen LogP contribution < -0.4 is 9.47 Å². The Balaban J connectivity index is 1.96. The van der Waals surface area contributed by atoms with Gasteiger partial charge in [0.15, 0.2) is 11.5 Å². The lowest BCUT2D eigenvalue weighted by Gasteiger charge is -2.28. The quantitative estimate of drug-likeness (QED) is 0.489. The van der Waals surface area contributed by atoms with Crippen molar-refractivity contribution < 1.29 is 19.2 Å². The van der Waals surface area contributed by atoms with Crippen LogP contribution in [0.3, 0.4) is 0 Å². The van der Waals surface area contributed by atoms with Crippen molar-refractivity contribution in [3.05, 3.63) is 63.7 Å². The molecule has 0 spiro atoms. The number of nitrogens with zero attached hydrogens (tertiary/aromatic N) is 3. The molecule has 0 radical (unpaired) electrons. The summed E-state index contributed by atoms with van der Waals surface area (Å²) >= 11 is 1.20. The predicted molar refractivity (Wildman–Crippen MR) is 112 cm³/mol. The van der Waals surface area contributed by atoms with E-state index in [0.29, 0.717) is 17.1 Å². The van der Waals surface area contributed by atoms with Crippen LogP contribution >= 0.6 is 11.8 Å². The fourth-order valence-electron chi connectivity index (χ4n) is 3.03. The molecule has 1 aliphatic heterocycles. The zero-order chi connectivity index (χ0) is 21.0. The Hall–Kier alpha value is -3.07. The van der Waals surface area contributed by atoms with Crippen molar-refractivity contribution in [3.8, 4) is 11.5 Å². The van der Waals surface area contributed by atoms with Gasteiger partial charge in [-0.3, -0.25) is 14.9 Å². The Labute approximate surface area is 172 Å². The number of carbonyl (C=O) groups is 1. The van der Waals surface area contributed by atoms with E-state index in [1.165, 1.54) is 28.9 Å². The summed E-state index contributed by atoms with van der Waals surface area (Å²) in [7, 11) is 3.13. The molecule has 8 nitrogen and oxygen atoms in total. The second-order valence-electron chi connectivity index (χ2n) is 6.32. The molecule has 0 N–H and O–H groups in total. The lowest BCUT2D eigenvalue weighted by atomic mass is 10.0. The maximum atomic E-state index is 12.6. The molecule has 9 heteroatoms. The molecule has 3 rings (SSSR count). The predicted octanol–water partition coefficient (Wildman–Crippen LogP) is 4.46. The highest BCUT2D eigenvalue weighted by molar-refractivity contribution is 8.14. The number of methoxy groups -OCH3 is 2. The Morgan fingerprint density at radius 1 is 1.17 bits per heavy atom. The highest BCUT2D eigenvalue weighted by Gasteiger charge is 2.30. The molecule has 1 aliphatic rings. The normalized spacial score (nSPS) is 16.4. The monoisotopic (exact) mass is 415 g/mol. The van der Waals surface area contributed by atoms with E-state index in [0.717, 1.165) is 17.7 Å². The van der Waals surface area contributed by atoms with E-state index < -0.39 is 4.92 Å². The van der Waals surface area contributed by atoms with Gasteiger partial charge in [-0.15, -0.1) is 0 Å². The molecule has 0 fully saturated rings. The topological polar surface area (TPSA) is 94.3 Å². The minimum absolute atomic E-state index is 0.0184. The van der Waals surface area contributed by atoms with Crippen LogP contribution in [0.25, 0.3) is 0 Å². The van der Waals surface area contributed by atoms with E-state index in [1.807, 2.05) is 19.1 Å². The minimum Gasteiger partial charge on any atom is -0.493 e. The Kier molecular flexibility index (Phi) is 6.38. The van der Waals surface area contributed by atoms with Crippen LogP contribution in [-0.2, 0) is 6.54 Å². The smallest absolute Gasteiger partial charge is 0.302 e. The summed E-state index contributed by atoms with van der Waals surface area (Å²) in [5, 5.41) is 16.7. The van der Waals surface area contributed by atoms with Crippen molar-refractivity contribution in [1.82, 2.24) is 5.01 Å². The van der Waals surface area contributed by atoms with Gasteiger partial charge >= 0.3 is 5.24 Å². The molecule has 2 aromatic rings. The van der Waals surface area contributed by atoms with Crippen molar-refractivity contribution >= 4 is 28.4 Å². The van der Waals surface area contributed by atoms with Gasteiger partial charge in [-0.05, 0) is 30.2 Å². The van der Waals surface area contributed by atoms with Gasteiger partial charge in [-0.1, -0.05) is 30.8 Å². The number of thioether (sulfide) groups is 1. The number of nitro benzene ring substituents is 1. The second kappa shape index (κ2) is 8.95. The van der Waals surface area contributed by atoms with Gasteiger partial charge in [-0.25, -0.2) is 5.01 Å². The molecule has 2 aromatic carbocycles. The van der Waals surface area contributed by atoms with Crippen molar-refractivity contribution in [1.29, 1.82) is 0 Å². The average molecular weight is 415 g/mol. The van der Waals surface area contributed by atoms with Crippen molar-refractivity contribution in [2.45, 2.75) is 25.1 Å². The molecule has 1 amide bonds. The molecule has 1 atom stereocenters. The molecule has 0 aliphatic carbocycles. The number of amides is 1. The second-order valence-corrected chi connectivity index (χ2v) is 7.47. The van der Waals surface area contributed by atoms with E-state index in [-0.39, 0.29) is 22.7 Å². The van der Waals surface area contributed by atoms with Gasteiger partial charge in [0.2, 0.25) is 0 Å². The molecule has 0 saturated carbocycles. The van der Waals surface area contributed by atoms with Crippen molar-refractivity contribution in [2.24, 2.45) is 5.10 Å². The number of rotatable bonds is 7. The van der Waals surface area contributed by atoms with Crippen molar-refractivity contribution in [3.63, 3.8) is 0 Å². The third-order valence-corrected chi connectivity index (χ3v) is 5.74. The van der Waals surface area contributed by atoms with Gasteiger partial charge in [0.05, 0.1) is 36.6 Å². The third kappa shape index (κ3) is 4.51. The van der Waals surface area contributed by atoms with E-state index in [2.05, 4.69) is 5.10 Å². The highest BCUT2D eigenvalue weighted by atomic mass is 32.2. The maximum absolute atomic E-state index is 12.6. The number of non-ortho nitro benzene ring substituents is 1. The summed E-state index contributed by atoms with van der Waals surface area (Å²) < 4.78 is 10.7. The zero-order valence-electron chi connectivity index (χ0n) is 16.3. The Morgan fingerprint density at radius 3 is 2.59 bits per heavy atom. The first kappa shape index (κ1) is 20.7. The molecule has 0 aromatic heterocycles. The van der Waals surface area contributed by atoms with Crippen LogP contribution in [0.15, 0.2) is 47.6 Å². The summed E-state index contributed by atoms with van der Waals surface area (Å²) in [6.07, 6.45) is 0.730. The Bertz CT molecular complexity index is 963. The molecular weight excluding hydrogens is 394 g/mol. The number of benzene rings is 2. The standard InChI is InChI=1S/C20H21N3O5S/c1-4-18-19(14-8-9-16(27-2)17(11-14)28-3)21-22(20(24)29-18)12-13-6-5-7-15(10-13)23(25)26/h5-11,18H,4,12H2,1-3H3. The van der Waals surface area contributed by atoms with Crippen LogP contribution in [0.1, 0.15) is 24.5 Å². The lowest BCUT2D eigenvalue weighted by molar-refractivity contribution is -0.384. The van der Waals surface area contributed by atoms with E-state index in [9.17, 15) is 14.9 Å². The number of hydrogen-bond donors (Lipinski definition) is 0. The number of hydrogen-bond acceptors (Lipinski definition) is 7. The molecule has 0 bridgehead atoms. The van der Waals surface area contributed by atoms with Gasteiger partial charge in [-0.2, -0.15) is 5.10 Å². The molecule has 1 unspecified atom stereocenters. The lowest BCUT2D eigenvalue weighted by Crippen LogP contribution is -2.34. The number of hydrazone groups is 1. The molecular formula is C20H21N3O5S. The fraction of sp³-hybridized carbons (Fsp3) is 0.300. The first-order chi connectivity index (χ1) is 14.0. The summed E-state index contributed by atoms with van der Waals surface area (Å²) in [5.41, 5.74) is 2.20. The minimum atomic E-state index is -0.457. The zero-order valence-corrected chi connectivity index (χ0v) is 17.1. The summed E-state index contributed by atoms with van der Waals surface area (Å²) in [4.78, 5) is 23.1. The molecule has 29 heavy (non-hydrogen) atoms. The third-order valence-electron chi connectivity index (χ3n) is 4.49. The summed E-state index contributed by atoms with van der Waals surface area (Å²) in [6.45, 7) is 2.15. The summed E-state index contributed by atoms with van der Waals surface area (Å²) in [6, 6.07) is 11.7. The maximum Gasteiger partial charge on any atom is 0.302 e. The van der Waals surface area contributed by atoms with E-state index in [4.69, 9.17) is 9.47 Å². The van der Waals surface area contributed by atoms with E-state index >= 15 is 0 Å². The van der Waals surface area contributed by atoms with Crippen molar-refractivity contribution in [2.75, 3.05) is 14.2 Å². The van der Waals surface area contributed by atoms with Crippen LogP contribution in [0.2, 0.25) is 0 Å². The average Bonchev–Trinajstić information content (AvgIpc) is 2.74. The molecule has 0 saturated heterocycles. The number of ether oxygens (including phenoxy) is 2. The first-order valence-electron chi connectivity index (χ1n) is 8.99. The van der Waals surface area contributed by atoms with Crippen LogP contribution in [0.4, 0.5) is 10.5 Å². The molecule has 1 heterocycles. The fourth-order valence-corrected chi connectivity index (χ4v) is 3.96. The molecule has 152 valence electrons. The van der Waals surface area contributed by atoms with Gasteiger partial charge in [0.25, 0.3) is 5.69 Å². The van der Waals surface area contributed by atoms with Gasteiger partial charge in [0, 0.05) is 17.7 Å². The Morgan fingerprint density at radius 2 is 1.93 bits per heavy atom. The van der Waals surface area contributed by atoms with Crippen LogP contribution in [0.5, 0.6) is 11.5 Å². The number of nitro groups is 1.